The Kier molecular flexibility index (Phi) is 20.8. The van der Waals surface area contributed by atoms with Crippen LogP contribution in [0.4, 0.5) is 21.2 Å². The molecule has 0 saturated carbocycles. The first-order chi connectivity index (χ1) is 24.0. The van der Waals surface area contributed by atoms with E-state index in [0.29, 0.717) is 17.8 Å². The molecule has 1 saturated heterocycles. The van der Waals surface area contributed by atoms with Crippen molar-refractivity contribution >= 4 is 39.7 Å². The number of nitrogens with zero attached hydrogens (tertiary/aromatic N) is 3. The molecule has 50 heavy (non-hydrogen) atoms. The van der Waals surface area contributed by atoms with Crippen molar-refractivity contribution < 1.29 is 42.7 Å². The first-order valence-corrected chi connectivity index (χ1v) is 20.7. The summed E-state index contributed by atoms with van der Waals surface area (Å²) < 4.78 is 11.7. The number of anilines is 2. The quantitative estimate of drug-likeness (QED) is 0.0526. The van der Waals surface area contributed by atoms with Crippen molar-refractivity contribution in [2.75, 3.05) is 51.9 Å². The Balaban J connectivity index is 0.00000676. The Hall–Kier alpha value is -1.85. The molecule has 1 N–H and O–H groups in total. The van der Waals surface area contributed by atoms with Crippen molar-refractivity contribution in [2.45, 2.75) is 142 Å². The van der Waals surface area contributed by atoms with Gasteiger partial charge in [-0.05, 0) is 31.5 Å². The van der Waals surface area contributed by atoms with Crippen LogP contribution in [-0.2, 0) is 9.47 Å². The van der Waals surface area contributed by atoms with E-state index < -0.39 is 6.16 Å². The van der Waals surface area contributed by atoms with Crippen LogP contribution < -0.4 is 29.3 Å². The molecule has 3 heterocycles. The molecule has 0 spiro atoms. The number of hydrogen-bond acceptors (Lipinski definition) is 7. The molecule has 2 aliphatic heterocycles. The highest BCUT2D eigenvalue weighted by Gasteiger charge is 2.33. The highest BCUT2D eigenvalue weighted by Crippen LogP contribution is 2.39. The molecule has 282 valence electrons. The van der Waals surface area contributed by atoms with Gasteiger partial charge in [0, 0.05) is 4.88 Å². The number of rotatable bonds is 23. The van der Waals surface area contributed by atoms with Crippen LogP contribution in [0.5, 0.6) is 0 Å². The Morgan fingerprint density at radius 1 is 0.800 bits per heavy atom. The third kappa shape index (κ3) is 15.4. The minimum Gasteiger partial charge on any atom is -1.00 e. The summed E-state index contributed by atoms with van der Waals surface area (Å²) in [6, 6.07) is 10.5. The molecule has 2 aromatic rings. The maximum Gasteiger partial charge on any atom is 0.512 e. The summed E-state index contributed by atoms with van der Waals surface area (Å²) in [6.45, 7) is 8.68. The van der Waals surface area contributed by atoms with E-state index in [0.717, 1.165) is 61.2 Å². The van der Waals surface area contributed by atoms with Gasteiger partial charge in [-0.25, -0.2) is 9.79 Å². The molecule has 1 aromatic heterocycles. The number of unbranched alkanes of at least 4 members (excludes halogenated alkanes) is 19. The van der Waals surface area contributed by atoms with Crippen LogP contribution in [0.2, 0.25) is 0 Å². The van der Waals surface area contributed by atoms with Gasteiger partial charge >= 0.3 is 6.16 Å². The van der Waals surface area contributed by atoms with Crippen molar-refractivity contribution in [1.29, 1.82) is 0 Å². The average molecular weight is 823 g/mol. The van der Waals surface area contributed by atoms with Crippen LogP contribution in [0.15, 0.2) is 35.3 Å². The number of ether oxygens (including phenoxy) is 2. The number of likely N-dealkylation sites (N-methyl/N-ethyl adjacent to an activating group) is 1. The van der Waals surface area contributed by atoms with E-state index in [9.17, 15) is 4.79 Å². The predicted octanol–water partition coefficient (Wildman–Crippen LogP) is 8.89. The van der Waals surface area contributed by atoms with Gasteiger partial charge in [0.25, 0.3) is 0 Å². The smallest absolute Gasteiger partial charge is 0.512 e. The second-order valence-corrected chi connectivity index (χ2v) is 16.1. The summed E-state index contributed by atoms with van der Waals surface area (Å²) in [7, 11) is 2.16. The lowest BCUT2D eigenvalue weighted by atomic mass is 10.0. The second-order valence-electron chi connectivity index (χ2n) is 14.8. The second kappa shape index (κ2) is 24.4. The third-order valence-electron chi connectivity index (χ3n) is 10.3. The van der Waals surface area contributed by atoms with E-state index in [1.165, 1.54) is 126 Å². The predicted molar refractivity (Wildman–Crippen MR) is 208 cm³/mol. The van der Waals surface area contributed by atoms with E-state index in [4.69, 9.17) is 14.5 Å². The number of thiophene rings is 1. The summed E-state index contributed by atoms with van der Waals surface area (Å²) in [5.74, 6) is 1.03. The maximum atomic E-state index is 12.3. The summed E-state index contributed by atoms with van der Waals surface area (Å²) >= 11 is 1.77. The molecule has 0 aliphatic carbocycles. The monoisotopic (exact) mass is 822 g/mol. The number of para-hydroxylation sites is 2. The molecule has 0 amide bonds. The number of hydrogen-bond donors (Lipinski definition) is 1. The van der Waals surface area contributed by atoms with Gasteiger partial charge in [0.1, 0.15) is 10.8 Å². The maximum absolute atomic E-state index is 12.3. The third-order valence-corrected chi connectivity index (χ3v) is 11.3. The van der Waals surface area contributed by atoms with Crippen LogP contribution in [-0.4, -0.2) is 67.9 Å². The van der Waals surface area contributed by atoms with Crippen molar-refractivity contribution in [3.8, 4) is 0 Å². The van der Waals surface area contributed by atoms with Crippen LogP contribution >= 0.6 is 11.3 Å². The zero-order valence-electron chi connectivity index (χ0n) is 31.6. The lowest BCUT2D eigenvalue weighted by Crippen LogP contribution is -3.00. The highest BCUT2D eigenvalue weighted by atomic mass is 127. The molecule has 1 aromatic carbocycles. The SMILES string of the molecule is CCCCCCCCCCCCCCCCCCCCCCOC(=O)OC[N+]1(C)CCN(C2=Nc3ccccc3Nc3sc(C)cc32)CC1.[I-]. The summed E-state index contributed by atoms with van der Waals surface area (Å²) in [4.78, 5) is 21.1. The fraction of sp³-hybridized carbons (Fsp3) is 0.707. The molecule has 0 bridgehead atoms. The first kappa shape index (κ1) is 42.6. The number of nitrogens with one attached hydrogen (secondary N) is 1. The number of carbonyl (C=O) groups excluding carboxylic acids is 1. The van der Waals surface area contributed by atoms with Crippen molar-refractivity contribution in [1.82, 2.24) is 4.90 Å². The highest BCUT2D eigenvalue weighted by molar-refractivity contribution is 7.16. The fourth-order valence-corrected chi connectivity index (χ4v) is 7.96. The van der Waals surface area contributed by atoms with Crippen LogP contribution in [0.25, 0.3) is 0 Å². The molecule has 0 atom stereocenters. The van der Waals surface area contributed by atoms with E-state index >= 15 is 0 Å². The van der Waals surface area contributed by atoms with Crippen molar-refractivity contribution in [3.63, 3.8) is 0 Å². The standard InChI is InChI=1S/C41H67N4O3S.HI/c1-4-5-6-7-8-9-10-11-12-13-14-15-16-17-18-19-20-21-22-25-32-47-41(46)48-34-45(3)30-28-44(29-31-45)39-36-33-35(2)49-40(36)43-38-27-24-23-26-37(38)42-39;/h23-24,26-27,33,43H,4-22,25,28-32,34H2,1-3H3;1H/q+1;/p-1. The van der Waals surface area contributed by atoms with Gasteiger partial charge in [-0.3, -0.25) is 4.48 Å². The summed E-state index contributed by atoms with van der Waals surface area (Å²) in [5, 5.41) is 4.75. The van der Waals surface area contributed by atoms with Gasteiger partial charge < -0.3 is 43.7 Å². The van der Waals surface area contributed by atoms with Crippen LogP contribution in [0, 0.1) is 6.92 Å². The Bertz CT molecular complexity index is 1260. The number of amidine groups is 1. The number of quaternary nitrogens is 1. The minimum atomic E-state index is -0.534. The summed E-state index contributed by atoms with van der Waals surface area (Å²) in [5.41, 5.74) is 3.17. The van der Waals surface area contributed by atoms with Gasteiger partial charge in [-0.15, -0.1) is 11.3 Å². The molecule has 1 fully saturated rings. The normalized spacial score (nSPS) is 14.9. The summed E-state index contributed by atoms with van der Waals surface area (Å²) in [6.07, 6.45) is 26.7. The van der Waals surface area contributed by atoms with E-state index in [1.54, 1.807) is 11.3 Å². The average Bonchev–Trinajstić information content (AvgIpc) is 3.39. The van der Waals surface area contributed by atoms with Gasteiger partial charge in [0.05, 0.1) is 56.8 Å². The number of aliphatic imine (C=N–C) groups is 1. The zero-order chi connectivity index (χ0) is 34.6. The Morgan fingerprint density at radius 3 is 1.88 bits per heavy atom. The molecular weight excluding hydrogens is 755 g/mol. The molecule has 0 unspecified atom stereocenters. The van der Waals surface area contributed by atoms with Gasteiger partial charge in [-0.1, -0.05) is 141 Å². The number of carbonyl (C=O) groups is 1. The Morgan fingerprint density at radius 2 is 1.32 bits per heavy atom. The molecule has 0 radical (unpaired) electrons. The molecule has 9 heteroatoms. The van der Waals surface area contributed by atoms with Crippen LogP contribution in [0.1, 0.15) is 146 Å². The minimum absolute atomic E-state index is 0. The molecular formula is C41H67IN4O3S. The number of fused-ring (bicyclic) bond motifs is 2. The molecule has 7 nitrogen and oxygen atoms in total. The van der Waals surface area contributed by atoms with Crippen molar-refractivity contribution in [2.24, 2.45) is 4.99 Å². The molecule has 4 rings (SSSR count). The Labute approximate surface area is 325 Å². The van der Waals surface area contributed by atoms with Gasteiger partial charge in [-0.2, -0.15) is 0 Å². The number of piperazine rings is 1. The van der Waals surface area contributed by atoms with Gasteiger partial charge in [0.15, 0.2) is 0 Å². The largest absolute Gasteiger partial charge is 1.00 e. The van der Waals surface area contributed by atoms with Crippen LogP contribution in [0.3, 0.4) is 0 Å². The van der Waals surface area contributed by atoms with E-state index in [2.05, 4.69) is 49.3 Å². The van der Waals surface area contributed by atoms with E-state index in [1.807, 2.05) is 12.1 Å². The lowest BCUT2D eigenvalue weighted by Gasteiger charge is -2.41. The van der Waals surface area contributed by atoms with E-state index in [-0.39, 0.29) is 24.0 Å². The molecule has 2 aliphatic rings. The topological polar surface area (TPSA) is 63.2 Å². The zero-order valence-corrected chi connectivity index (χ0v) is 34.6. The fourth-order valence-electron chi connectivity index (χ4n) is 7.04. The number of aryl methyl sites for hydroxylation is 1. The van der Waals surface area contributed by atoms with Crippen molar-refractivity contribution in [3.05, 3.63) is 40.8 Å². The number of halogens is 1. The van der Waals surface area contributed by atoms with Gasteiger partial charge in [0.2, 0.25) is 6.73 Å². The lowest BCUT2D eigenvalue weighted by molar-refractivity contribution is -0.929. The first-order valence-electron chi connectivity index (χ1n) is 19.9. The number of benzene rings is 1.